The molecule has 0 saturated carbocycles. The van der Waals surface area contributed by atoms with Gasteiger partial charge in [-0.15, -0.1) is 11.3 Å². The van der Waals surface area contributed by atoms with Crippen LogP contribution in [0.2, 0.25) is 5.02 Å². The van der Waals surface area contributed by atoms with Gasteiger partial charge in [0.2, 0.25) is 5.91 Å². The highest BCUT2D eigenvalue weighted by Gasteiger charge is 2.54. The maximum atomic E-state index is 14.0. The summed E-state index contributed by atoms with van der Waals surface area (Å²) in [5.74, 6) is -9.07. The van der Waals surface area contributed by atoms with E-state index in [1.54, 1.807) is 44.4 Å². The predicted molar refractivity (Wildman–Crippen MR) is 162 cm³/mol. The van der Waals surface area contributed by atoms with E-state index in [0.29, 0.717) is 15.1 Å². The van der Waals surface area contributed by atoms with Crippen LogP contribution in [0.4, 0.5) is 8.78 Å². The van der Waals surface area contributed by atoms with E-state index >= 15 is 0 Å². The molecule has 2 aromatic carbocycles. The molecule has 0 radical (unpaired) electrons. The molecule has 0 aliphatic carbocycles. The molecule has 0 aliphatic rings. The molecule has 1 amide bonds. The number of fused-ring (bicyclic) bond motifs is 1. The Bertz CT molecular complexity index is 1580. The second kappa shape index (κ2) is 14.2. The van der Waals surface area contributed by atoms with E-state index in [-0.39, 0.29) is 11.1 Å². The second-order valence-electron chi connectivity index (χ2n) is 11.6. The summed E-state index contributed by atoms with van der Waals surface area (Å²) in [6.07, 6.45) is 2.44. The maximum Gasteiger partial charge on any atom is 0.358 e. The zero-order valence-electron chi connectivity index (χ0n) is 24.7. The van der Waals surface area contributed by atoms with Crippen LogP contribution in [0.25, 0.3) is 16.2 Å². The summed E-state index contributed by atoms with van der Waals surface area (Å²) < 4.78 is 61.9. The number of hydrogen-bond acceptors (Lipinski definition) is 9. The van der Waals surface area contributed by atoms with Gasteiger partial charge in [0.1, 0.15) is 0 Å². The number of nitrogens with one attached hydrogen (secondary N) is 1. The quantitative estimate of drug-likeness (QED) is 0.125. The zero-order valence-corrected chi connectivity index (χ0v) is 27.2. The number of ether oxygens (including phenoxy) is 3. The third-order valence-electron chi connectivity index (χ3n) is 6.01. The fraction of sp³-hybridized carbons (Fsp3) is 0.367. The minimum Gasteiger partial charge on any atom is -0.438 e. The summed E-state index contributed by atoms with van der Waals surface area (Å²) >= 11 is 7.50. The average molecular weight is 670 g/mol. The minimum absolute atomic E-state index is 0.207. The highest BCUT2D eigenvalue weighted by molar-refractivity contribution is 7.17. The van der Waals surface area contributed by atoms with Crippen molar-refractivity contribution in [2.45, 2.75) is 53.4 Å². The lowest BCUT2D eigenvalue weighted by Crippen LogP contribution is -2.52. The van der Waals surface area contributed by atoms with Crippen LogP contribution in [0.5, 0.6) is 0 Å². The van der Waals surface area contributed by atoms with Crippen molar-refractivity contribution in [2.75, 3.05) is 6.79 Å². The Hall–Kier alpha value is -3.28. The zero-order chi connectivity index (χ0) is 32.9. The molecule has 2 atom stereocenters. The molecular weight excluding hydrogens is 639 g/mol. The fourth-order valence-corrected chi connectivity index (χ4v) is 5.08. The normalized spacial score (nSPS) is 14.4. The molecular formula is C30H31ClF2NO8PS. The number of halogens is 3. The van der Waals surface area contributed by atoms with Gasteiger partial charge < -0.3 is 14.8 Å². The molecule has 9 nitrogen and oxygen atoms in total. The lowest BCUT2D eigenvalue weighted by atomic mass is 9.93. The largest absolute Gasteiger partial charge is 0.438 e. The Morgan fingerprint density at radius 1 is 1.00 bits per heavy atom. The Morgan fingerprint density at radius 2 is 1.68 bits per heavy atom. The topological polar surface area (TPSA) is 117 Å². The van der Waals surface area contributed by atoms with E-state index in [2.05, 4.69) is 5.32 Å². The standard InChI is InChI=1S/C30H31ClF2NO8PS/c1-28(2,3)26(36)39-16-40-30(42-43-38,41-27(37)29(4,5)6)24(20-15-44-23-10-8-18(31)14-19(20)23)25(35)34-12-11-17-7-9-21(32)22(33)13-17/h7-15,24H,16H2,1-6H3,(H,34,35). The number of carbonyl (C=O) groups is 3. The predicted octanol–water partition coefficient (Wildman–Crippen LogP) is 7.73. The van der Waals surface area contributed by atoms with Crippen molar-refractivity contribution in [3.63, 3.8) is 0 Å². The molecule has 1 heterocycles. The van der Waals surface area contributed by atoms with Gasteiger partial charge in [0.25, 0.3) is 0 Å². The first-order valence-corrected chi connectivity index (χ1v) is 15.1. The Kier molecular flexibility index (Phi) is 11.4. The van der Waals surface area contributed by atoms with Gasteiger partial charge in [-0.3, -0.25) is 19.1 Å². The molecule has 14 heteroatoms. The average Bonchev–Trinajstić information content (AvgIpc) is 3.32. The number of carbonyl (C=O) groups excluding carboxylic acids is 3. The van der Waals surface area contributed by atoms with Crippen molar-refractivity contribution < 1.29 is 46.5 Å². The van der Waals surface area contributed by atoms with Crippen molar-refractivity contribution in [1.82, 2.24) is 5.32 Å². The van der Waals surface area contributed by atoms with Gasteiger partial charge in [0, 0.05) is 15.9 Å². The monoisotopic (exact) mass is 669 g/mol. The lowest BCUT2D eigenvalue weighted by Gasteiger charge is -2.37. The smallest absolute Gasteiger partial charge is 0.358 e. The molecule has 0 bridgehead atoms. The van der Waals surface area contributed by atoms with Crippen molar-refractivity contribution in [2.24, 2.45) is 10.8 Å². The Balaban J connectivity index is 2.16. The molecule has 3 aromatic rings. The van der Waals surface area contributed by atoms with E-state index in [4.69, 9.17) is 30.3 Å². The van der Waals surface area contributed by atoms with Gasteiger partial charge in [0.05, 0.1) is 10.8 Å². The van der Waals surface area contributed by atoms with E-state index in [1.165, 1.54) is 44.3 Å². The van der Waals surface area contributed by atoms with Gasteiger partial charge in [-0.2, -0.15) is 0 Å². The van der Waals surface area contributed by atoms with E-state index in [9.17, 15) is 27.7 Å². The van der Waals surface area contributed by atoms with E-state index in [0.717, 1.165) is 18.3 Å². The summed E-state index contributed by atoms with van der Waals surface area (Å²) in [4.78, 5) is 39.7. The summed E-state index contributed by atoms with van der Waals surface area (Å²) in [5.41, 5.74) is -1.67. The minimum atomic E-state index is -2.75. The number of amides is 1. The molecule has 0 spiro atoms. The van der Waals surface area contributed by atoms with Crippen LogP contribution in [0.15, 0.2) is 48.0 Å². The van der Waals surface area contributed by atoms with Crippen LogP contribution in [-0.2, 0) is 37.7 Å². The number of benzene rings is 2. The van der Waals surface area contributed by atoms with Gasteiger partial charge >= 0.3 is 26.6 Å². The molecule has 44 heavy (non-hydrogen) atoms. The highest BCUT2D eigenvalue weighted by atomic mass is 35.5. The van der Waals surface area contributed by atoms with Gasteiger partial charge in [-0.25, -0.2) is 17.9 Å². The van der Waals surface area contributed by atoms with Crippen LogP contribution in [0.1, 0.15) is 58.6 Å². The molecule has 1 aromatic heterocycles. The SMILES string of the molecule is CC(C)(C)C(=O)OCOC(OP=O)(OC(=O)C(C)(C)C)C(C(=O)NC=Cc1ccc(F)c(F)c1)c1csc2ccc(Cl)cc12. The van der Waals surface area contributed by atoms with Crippen LogP contribution in [0, 0.1) is 22.5 Å². The fourth-order valence-electron chi connectivity index (χ4n) is 3.64. The molecule has 1 N–H and O–H groups in total. The van der Waals surface area contributed by atoms with Crippen LogP contribution < -0.4 is 5.32 Å². The number of hydrogen-bond donors (Lipinski definition) is 1. The molecule has 3 rings (SSSR count). The Labute approximate surface area is 263 Å². The van der Waals surface area contributed by atoms with E-state index in [1.807, 2.05) is 0 Å². The van der Waals surface area contributed by atoms with E-state index < -0.39 is 67.7 Å². The first kappa shape index (κ1) is 35.2. The summed E-state index contributed by atoms with van der Waals surface area (Å²) in [6.45, 7) is 8.56. The van der Waals surface area contributed by atoms with Gasteiger partial charge in [-0.1, -0.05) is 17.7 Å². The lowest BCUT2D eigenvalue weighted by molar-refractivity contribution is -0.351. The molecule has 0 fully saturated rings. The molecule has 2 unspecified atom stereocenters. The number of esters is 2. The molecule has 0 aliphatic heterocycles. The van der Waals surface area contributed by atoms with Crippen molar-refractivity contribution in [3.05, 3.63) is 75.8 Å². The third kappa shape index (κ3) is 8.67. The first-order chi connectivity index (χ1) is 20.5. The van der Waals surface area contributed by atoms with Crippen LogP contribution in [0.3, 0.4) is 0 Å². The third-order valence-corrected chi connectivity index (χ3v) is 7.56. The van der Waals surface area contributed by atoms with Crippen molar-refractivity contribution in [1.29, 1.82) is 0 Å². The number of rotatable bonds is 11. The summed E-state index contributed by atoms with van der Waals surface area (Å²) in [7, 11) is -1.05. The summed E-state index contributed by atoms with van der Waals surface area (Å²) in [6, 6.07) is 8.06. The highest BCUT2D eigenvalue weighted by Crippen LogP contribution is 2.44. The van der Waals surface area contributed by atoms with Crippen LogP contribution >= 0.6 is 31.6 Å². The summed E-state index contributed by atoms with van der Waals surface area (Å²) in [5, 5.41) is 4.88. The maximum absolute atomic E-state index is 14.0. The van der Waals surface area contributed by atoms with Gasteiger partial charge in [-0.05, 0) is 99.8 Å². The van der Waals surface area contributed by atoms with Crippen molar-refractivity contribution >= 4 is 65.6 Å². The molecule has 0 saturated heterocycles. The van der Waals surface area contributed by atoms with Crippen molar-refractivity contribution in [3.8, 4) is 0 Å². The van der Waals surface area contributed by atoms with Crippen LogP contribution in [-0.4, -0.2) is 30.6 Å². The molecule has 236 valence electrons. The van der Waals surface area contributed by atoms with Gasteiger partial charge in [0.15, 0.2) is 24.3 Å². The first-order valence-electron chi connectivity index (χ1n) is 13.1. The number of thiophene rings is 1. The second-order valence-corrected chi connectivity index (χ2v) is 13.3. The Morgan fingerprint density at radius 3 is 2.30 bits per heavy atom.